The fourth-order valence-electron chi connectivity index (χ4n) is 2.57. The zero-order valence-electron chi connectivity index (χ0n) is 16.5. The van der Waals surface area contributed by atoms with E-state index in [1.54, 1.807) is 20.8 Å². The molecule has 2 rings (SSSR count). The zero-order chi connectivity index (χ0) is 20.6. The molecule has 2 atom stereocenters. The molecule has 1 amide bonds. The van der Waals surface area contributed by atoms with Crippen LogP contribution in [0.1, 0.15) is 31.9 Å². The molecule has 0 saturated heterocycles. The number of carbonyl (C=O) groups excluding carboxylic acids is 1. The maximum atomic E-state index is 12.0. The van der Waals surface area contributed by atoms with E-state index in [0.717, 1.165) is 16.9 Å². The van der Waals surface area contributed by atoms with Gasteiger partial charge in [0, 0.05) is 0 Å². The summed E-state index contributed by atoms with van der Waals surface area (Å²) in [5, 5.41) is 12.9. The maximum absolute atomic E-state index is 12.0. The SMILES string of the molecule is CC(C)(C)OC(=O)N[C@H](Cc1ccc(OCc2ccccc2)cc1)[C@@H](O)CCl. The van der Waals surface area contributed by atoms with Crippen molar-refractivity contribution in [1.82, 2.24) is 5.32 Å². The number of aliphatic hydroxyl groups excluding tert-OH is 1. The summed E-state index contributed by atoms with van der Waals surface area (Å²) in [5.41, 5.74) is 1.42. The Bertz CT molecular complexity index is 728. The quantitative estimate of drug-likeness (QED) is 0.642. The predicted octanol–water partition coefficient (Wildman–Crippen LogP) is 4.30. The molecule has 2 aromatic carbocycles. The number of hydrogen-bond donors (Lipinski definition) is 2. The molecule has 0 aliphatic rings. The minimum atomic E-state index is -0.886. The van der Waals surface area contributed by atoms with Gasteiger partial charge < -0.3 is 19.9 Å². The van der Waals surface area contributed by atoms with Crippen molar-refractivity contribution in [3.63, 3.8) is 0 Å². The molecule has 0 heterocycles. The minimum Gasteiger partial charge on any atom is -0.489 e. The van der Waals surface area contributed by atoms with Gasteiger partial charge in [-0.25, -0.2) is 4.79 Å². The largest absolute Gasteiger partial charge is 0.489 e. The topological polar surface area (TPSA) is 67.8 Å². The predicted molar refractivity (Wildman–Crippen MR) is 111 cm³/mol. The first-order chi connectivity index (χ1) is 13.3. The summed E-state index contributed by atoms with van der Waals surface area (Å²) in [5.74, 6) is 0.765. The summed E-state index contributed by atoms with van der Waals surface area (Å²) in [6, 6.07) is 16.9. The van der Waals surface area contributed by atoms with Gasteiger partial charge in [0.05, 0.1) is 18.0 Å². The van der Waals surface area contributed by atoms with Crippen LogP contribution in [0.25, 0.3) is 0 Å². The molecule has 5 nitrogen and oxygen atoms in total. The van der Waals surface area contributed by atoms with Crippen molar-refractivity contribution in [3.05, 3.63) is 65.7 Å². The molecular formula is C22H28ClNO4. The van der Waals surface area contributed by atoms with E-state index in [2.05, 4.69) is 5.32 Å². The molecule has 0 aliphatic heterocycles. The Labute approximate surface area is 171 Å². The van der Waals surface area contributed by atoms with Crippen molar-refractivity contribution in [1.29, 1.82) is 0 Å². The lowest BCUT2D eigenvalue weighted by molar-refractivity contribution is 0.0440. The van der Waals surface area contributed by atoms with E-state index in [0.29, 0.717) is 13.0 Å². The van der Waals surface area contributed by atoms with Gasteiger partial charge in [0.15, 0.2) is 0 Å². The molecule has 6 heteroatoms. The fourth-order valence-corrected chi connectivity index (χ4v) is 2.78. The Morgan fingerprint density at radius 2 is 1.71 bits per heavy atom. The average Bonchev–Trinajstić information content (AvgIpc) is 2.65. The van der Waals surface area contributed by atoms with Crippen molar-refractivity contribution in [2.24, 2.45) is 0 Å². The number of hydrogen-bond acceptors (Lipinski definition) is 4. The molecular weight excluding hydrogens is 378 g/mol. The third-order valence-electron chi connectivity index (χ3n) is 3.95. The zero-order valence-corrected chi connectivity index (χ0v) is 17.3. The highest BCUT2D eigenvalue weighted by Crippen LogP contribution is 2.17. The molecule has 0 radical (unpaired) electrons. The van der Waals surface area contributed by atoms with E-state index in [1.807, 2.05) is 54.6 Å². The number of nitrogens with one attached hydrogen (secondary N) is 1. The van der Waals surface area contributed by atoms with Crippen LogP contribution < -0.4 is 10.1 Å². The monoisotopic (exact) mass is 405 g/mol. The van der Waals surface area contributed by atoms with Crippen molar-refractivity contribution >= 4 is 17.7 Å². The second-order valence-corrected chi connectivity index (χ2v) is 7.91. The van der Waals surface area contributed by atoms with Crippen LogP contribution in [-0.2, 0) is 17.8 Å². The second kappa shape index (κ2) is 10.3. The number of amides is 1. The van der Waals surface area contributed by atoms with Gasteiger partial charge in [0.25, 0.3) is 0 Å². The lowest BCUT2D eigenvalue weighted by Gasteiger charge is -2.26. The Morgan fingerprint density at radius 3 is 2.29 bits per heavy atom. The number of rotatable bonds is 8. The molecule has 28 heavy (non-hydrogen) atoms. The minimum absolute atomic E-state index is 0.0126. The van der Waals surface area contributed by atoms with Gasteiger partial charge >= 0.3 is 6.09 Å². The first-order valence-electron chi connectivity index (χ1n) is 9.26. The molecule has 0 aliphatic carbocycles. The van der Waals surface area contributed by atoms with E-state index in [9.17, 15) is 9.90 Å². The van der Waals surface area contributed by atoms with Gasteiger partial charge in [0.1, 0.15) is 18.0 Å². The van der Waals surface area contributed by atoms with Crippen LogP contribution in [0.2, 0.25) is 0 Å². The van der Waals surface area contributed by atoms with Crippen LogP contribution in [0.4, 0.5) is 4.79 Å². The molecule has 0 unspecified atom stereocenters. The molecule has 2 N–H and O–H groups in total. The maximum Gasteiger partial charge on any atom is 0.407 e. The fraction of sp³-hybridized carbons (Fsp3) is 0.409. The summed E-state index contributed by atoms with van der Waals surface area (Å²) in [6.45, 7) is 5.85. The number of aliphatic hydroxyl groups is 1. The summed E-state index contributed by atoms with van der Waals surface area (Å²) in [4.78, 5) is 12.0. The Balaban J connectivity index is 1.95. The third kappa shape index (κ3) is 7.79. The Morgan fingerprint density at radius 1 is 1.07 bits per heavy atom. The lowest BCUT2D eigenvalue weighted by atomic mass is 10.0. The Hall–Kier alpha value is -2.24. The Kier molecular flexibility index (Phi) is 8.15. The molecule has 0 fully saturated rings. The molecule has 0 bridgehead atoms. The number of alkyl carbamates (subject to hydrolysis) is 1. The first kappa shape index (κ1) is 22.1. The molecule has 2 aromatic rings. The highest BCUT2D eigenvalue weighted by Gasteiger charge is 2.24. The molecule has 0 spiro atoms. The molecule has 0 aromatic heterocycles. The number of carbonyl (C=O) groups is 1. The summed E-state index contributed by atoms with van der Waals surface area (Å²) in [7, 11) is 0. The van der Waals surface area contributed by atoms with Gasteiger partial charge in [-0.15, -0.1) is 11.6 Å². The van der Waals surface area contributed by atoms with Crippen molar-refractivity contribution in [2.45, 2.75) is 51.5 Å². The van der Waals surface area contributed by atoms with Crippen molar-refractivity contribution in [3.8, 4) is 5.75 Å². The van der Waals surface area contributed by atoms with Gasteiger partial charge in [0.2, 0.25) is 0 Å². The highest BCUT2D eigenvalue weighted by atomic mass is 35.5. The number of alkyl halides is 1. The van der Waals surface area contributed by atoms with E-state index >= 15 is 0 Å². The van der Waals surface area contributed by atoms with E-state index < -0.39 is 23.8 Å². The van der Waals surface area contributed by atoms with Gasteiger partial charge in [-0.05, 0) is 50.5 Å². The van der Waals surface area contributed by atoms with E-state index in [-0.39, 0.29) is 5.88 Å². The molecule has 0 saturated carbocycles. The van der Waals surface area contributed by atoms with E-state index in [1.165, 1.54) is 0 Å². The van der Waals surface area contributed by atoms with Crippen LogP contribution >= 0.6 is 11.6 Å². The van der Waals surface area contributed by atoms with Crippen LogP contribution in [0.15, 0.2) is 54.6 Å². The van der Waals surface area contributed by atoms with Crippen molar-refractivity contribution in [2.75, 3.05) is 5.88 Å². The number of ether oxygens (including phenoxy) is 2. The van der Waals surface area contributed by atoms with Crippen LogP contribution in [-0.4, -0.2) is 34.8 Å². The van der Waals surface area contributed by atoms with Crippen LogP contribution in [0.3, 0.4) is 0 Å². The second-order valence-electron chi connectivity index (χ2n) is 7.60. The number of halogens is 1. The third-order valence-corrected chi connectivity index (χ3v) is 4.27. The van der Waals surface area contributed by atoms with Gasteiger partial charge in [-0.1, -0.05) is 42.5 Å². The summed E-state index contributed by atoms with van der Waals surface area (Å²) < 4.78 is 11.0. The van der Waals surface area contributed by atoms with Gasteiger partial charge in [-0.2, -0.15) is 0 Å². The van der Waals surface area contributed by atoms with Crippen LogP contribution in [0, 0.1) is 0 Å². The highest BCUT2D eigenvalue weighted by molar-refractivity contribution is 6.18. The number of benzene rings is 2. The standard InChI is InChI=1S/C22H28ClNO4/c1-22(2,3)28-21(26)24-19(20(25)14-23)13-16-9-11-18(12-10-16)27-15-17-7-5-4-6-8-17/h4-12,19-20,25H,13-15H2,1-3H3,(H,24,26)/t19-,20+/m1/s1. The van der Waals surface area contributed by atoms with Crippen molar-refractivity contribution < 1.29 is 19.4 Å². The van der Waals surface area contributed by atoms with E-state index in [4.69, 9.17) is 21.1 Å². The average molecular weight is 406 g/mol. The molecule has 152 valence electrons. The first-order valence-corrected chi connectivity index (χ1v) is 9.79. The normalized spacial score (nSPS) is 13.5. The van der Waals surface area contributed by atoms with Crippen LogP contribution in [0.5, 0.6) is 5.75 Å². The lowest BCUT2D eigenvalue weighted by Crippen LogP contribution is -2.47. The summed E-state index contributed by atoms with van der Waals surface area (Å²) in [6.07, 6.45) is -1.04. The van der Waals surface area contributed by atoms with Gasteiger partial charge in [-0.3, -0.25) is 0 Å². The summed E-state index contributed by atoms with van der Waals surface area (Å²) >= 11 is 5.79. The smallest absolute Gasteiger partial charge is 0.407 e.